The summed E-state index contributed by atoms with van der Waals surface area (Å²) >= 11 is 0. The van der Waals surface area contributed by atoms with E-state index in [0.29, 0.717) is 23.3 Å². The molecule has 7 heteroatoms. The van der Waals surface area contributed by atoms with Gasteiger partial charge in [0.2, 0.25) is 0 Å². The van der Waals surface area contributed by atoms with Crippen molar-refractivity contribution in [1.29, 1.82) is 0 Å². The summed E-state index contributed by atoms with van der Waals surface area (Å²) in [6.07, 6.45) is 14.9. The maximum atomic E-state index is 11.6. The van der Waals surface area contributed by atoms with Gasteiger partial charge in [-0.05, 0) is 111 Å². The highest BCUT2D eigenvalue weighted by Gasteiger charge is 2.59. The van der Waals surface area contributed by atoms with Crippen LogP contribution in [0.5, 0.6) is 0 Å². The van der Waals surface area contributed by atoms with Crippen LogP contribution in [0, 0.1) is 40.4 Å². The van der Waals surface area contributed by atoms with Gasteiger partial charge in [-0.1, -0.05) is 41.5 Å². The van der Waals surface area contributed by atoms with E-state index in [1.54, 1.807) is 0 Å². The highest BCUT2D eigenvalue weighted by molar-refractivity contribution is 5.69. The molecule has 4 aliphatic rings. The third kappa shape index (κ3) is 8.59. The van der Waals surface area contributed by atoms with E-state index in [1.807, 2.05) is 13.8 Å². The summed E-state index contributed by atoms with van der Waals surface area (Å²) in [6, 6.07) is 1.31. The van der Waals surface area contributed by atoms with Crippen molar-refractivity contribution in [2.24, 2.45) is 46.2 Å². The molecular weight excluding hydrogens is 502 g/mol. The minimum absolute atomic E-state index is 0.0362. The van der Waals surface area contributed by atoms with Gasteiger partial charge in [-0.15, -0.1) is 0 Å². The summed E-state index contributed by atoms with van der Waals surface area (Å²) in [5.74, 6) is 4.53. The molecule has 0 bridgehead atoms. The number of hydrogen-bond acceptors (Lipinski definition) is 6. The van der Waals surface area contributed by atoms with Crippen LogP contribution in [0.3, 0.4) is 0 Å². The summed E-state index contributed by atoms with van der Waals surface area (Å²) in [5, 5.41) is 7.43. The minimum Gasteiger partial charge on any atom is -0.469 e. The van der Waals surface area contributed by atoms with Crippen molar-refractivity contribution in [2.75, 3.05) is 27.3 Å². The highest BCUT2D eigenvalue weighted by Crippen LogP contribution is 2.67. The van der Waals surface area contributed by atoms with Gasteiger partial charge in [-0.2, -0.15) is 0 Å². The summed E-state index contributed by atoms with van der Waals surface area (Å²) < 4.78 is 8.77. The van der Waals surface area contributed by atoms with Crippen molar-refractivity contribution in [3.05, 3.63) is 0 Å². The topological polar surface area (TPSA) is 103 Å². The summed E-state index contributed by atoms with van der Waals surface area (Å²) in [7, 11) is 2.74. The normalized spacial score (nSPS) is 36.0. The maximum Gasteiger partial charge on any atom is 0.404 e. The highest BCUT2D eigenvalue weighted by atomic mass is 16.5. The Kier molecular flexibility index (Phi) is 14.2. The van der Waals surface area contributed by atoms with Gasteiger partial charge in [0.25, 0.3) is 0 Å². The first kappa shape index (κ1) is 34.9. The monoisotopic (exact) mass is 565 g/mol. The smallest absolute Gasteiger partial charge is 0.404 e. The fraction of sp³-hybridized carbons (Fsp3) is 0.939. The number of nitrogens with one attached hydrogen (secondary N) is 2. The number of ether oxygens (including phenoxy) is 2. The molecule has 4 aliphatic carbocycles. The zero-order valence-electron chi connectivity index (χ0n) is 27.2. The number of hydrogen-bond donors (Lipinski definition) is 3. The number of methoxy groups -OCH3 is 2. The average Bonchev–Trinajstić information content (AvgIpc) is 3.28. The number of esters is 1. The Morgan fingerprint density at radius 2 is 1.55 bits per heavy atom. The molecule has 0 radical (unpaired) electrons. The lowest BCUT2D eigenvalue weighted by atomic mass is 9.44. The Balaban J connectivity index is 0.000000722. The molecule has 0 spiro atoms. The second kappa shape index (κ2) is 16.3. The van der Waals surface area contributed by atoms with E-state index in [0.717, 1.165) is 55.1 Å². The molecule has 4 rings (SSSR count). The Hall–Kier alpha value is -1.34. The molecule has 40 heavy (non-hydrogen) atoms. The molecule has 0 aromatic carbocycles. The van der Waals surface area contributed by atoms with Gasteiger partial charge < -0.3 is 25.8 Å². The van der Waals surface area contributed by atoms with Gasteiger partial charge >= 0.3 is 12.1 Å². The molecule has 0 aromatic rings. The first-order valence-corrected chi connectivity index (χ1v) is 16.4. The van der Waals surface area contributed by atoms with Crippen LogP contribution in [0.1, 0.15) is 119 Å². The van der Waals surface area contributed by atoms with E-state index in [2.05, 4.69) is 48.8 Å². The molecule has 0 heterocycles. The SMILES string of the molecule is CC.COC(=O)CCCC1CCC2C3CC[C@H]4CC(NCCNC(C)C)CCC4(C)C3CCC12C.COC(N)=O. The van der Waals surface area contributed by atoms with Gasteiger partial charge in [0.1, 0.15) is 0 Å². The van der Waals surface area contributed by atoms with Crippen LogP contribution in [0.15, 0.2) is 0 Å². The lowest BCUT2D eigenvalue weighted by Gasteiger charge is -2.61. The minimum atomic E-state index is -0.745. The van der Waals surface area contributed by atoms with Crippen LogP contribution in [-0.4, -0.2) is 51.5 Å². The van der Waals surface area contributed by atoms with Crippen LogP contribution >= 0.6 is 0 Å². The van der Waals surface area contributed by atoms with E-state index >= 15 is 0 Å². The van der Waals surface area contributed by atoms with Crippen LogP contribution in [0.4, 0.5) is 4.79 Å². The maximum absolute atomic E-state index is 11.6. The molecule has 0 aliphatic heterocycles. The van der Waals surface area contributed by atoms with E-state index in [1.165, 1.54) is 78.4 Å². The van der Waals surface area contributed by atoms with Gasteiger partial charge in [0.05, 0.1) is 14.2 Å². The van der Waals surface area contributed by atoms with E-state index in [-0.39, 0.29) is 5.97 Å². The summed E-state index contributed by atoms with van der Waals surface area (Å²) in [5.41, 5.74) is 5.52. The second-order valence-corrected chi connectivity index (χ2v) is 13.5. The average molecular weight is 566 g/mol. The van der Waals surface area contributed by atoms with Crippen molar-refractivity contribution in [3.63, 3.8) is 0 Å². The van der Waals surface area contributed by atoms with E-state index in [9.17, 15) is 9.59 Å². The van der Waals surface area contributed by atoms with Gasteiger partial charge in [-0.25, -0.2) is 4.79 Å². The largest absolute Gasteiger partial charge is 0.469 e. The van der Waals surface area contributed by atoms with Crippen molar-refractivity contribution < 1.29 is 19.1 Å². The number of primary amides is 1. The van der Waals surface area contributed by atoms with Gasteiger partial charge in [0, 0.05) is 31.6 Å². The fourth-order valence-corrected chi connectivity index (χ4v) is 9.26. The predicted molar refractivity (Wildman–Crippen MR) is 164 cm³/mol. The molecule has 8 atom stereocenters. The molecule has 7 nitrogen and oxygen atoms in total. The first-order chi connectivity index (χ1) is 19.0. The second-order valence-electron chi connectivity index (χ2n) is 13.5. The Morgan fingerprint density at radius 1 is 0.900 bits per heavy atom. The van der Waals surface area contributed by atoms with E-state index < -0.39 is 6.09 Å². The third-order valence-corrected chi connectivity index (χ3v) is 11.3. The Morgan fingerprint density at radius 3 is 2.17 bits per heavy atom. The van der Waals surface area contributed by atoms with Gasteiger partial charge in [0.15, 0.2) is 0 Å². The zero-order chi connectivity index (χ0) is 29.9. The first-order valence-electron chi connectivity index (χ1n) is 16.4. The molecule has 0 aromatic heterocycles. The number of nitrogens with two attached hydrogens (primary N) is 1. The molecule has 1 amide bonds. The zero-order valence-corrected chi connectivity index (χ0v) is 27.2. The number of carbonyl (C=O) groups is 2. The fourth-order valence-electron chi connectivity index (χ4n) is 9.26. The quantitative estimate of drug-likeness (QED) is 0.213. The molecule has 4 N–H and O–H groups in total. The van der Waals surface area contributed by atoms with Crippen LogP contribution < -0.4 is 16.4 Å². The predicted octanol–water partition coefficient (Wildman–Crippen LogP) is 6.68. The molecule has 4 fully saturated rings. The standard InChI is InChI=1S/C29H52N2O2.C2H5NO2.C2H6/c1-20(2)30-17-18-31-23-13-15-29(4)22(19-23)9-11-24-25-12-10-21(7-6-8-27(32)33-5)28(25,3)16-14-26(24)29;1-5-2(3)4;1-2/h20-26,30-31H,6-19H2,1-5H3;1H3,(H2,3,4);1-2H3/t21?,22-,23?,24?,25?,26?,28?,29?;;/m0../s1. The van der Waals surface area contributed by atoms with Crippen molar-refractivity contribution >= 4 is 12.1 Å². The molecule has 7 unspecified atom stereocenters. The number of fused-ring (bicyclic) bond motifs is 5. The molecular formula is C33H63N3O4. The lowest BCUT2D eigenvalue weighted by Crippen LogP contribution is -2.55. The van der Waals surface area contributed by atoms with Crippen LogP contribution in [0.2, 0.25) is 0 Å². The third-order valence-electron chi connectivity index (χ3n) is 11.3. The van der Waals surface area contributed by atoms with Crippen LogP contribution in [0.25, 0.3) is 0 Å². The summed E-state index contributed by atoms with van der Waals surface area (Å²) in [6.45, 7) is 16.0. The Labute approximate surface area is 245 Å². The summed E-state index contributed by atoms with van der Waals surface area (Å²) in [4.78, 5) is 21.0. The van der Waals surface area contributed by atoms with Gasteiger partial charge in [-0.3, -0.25) is 4.79 Å². The molecule has 234 valence electrons. The van der Waals surface area contributed by atoms with E-state index in [4.69, 9.17) is 4.74 Å². The van der Waals surface area contributed by atoms with Crippen molar-refractivity contribution in [1.82, 2.24) is 10.6 Å². The Bertz CT molecular complexity index is 777. The number of rotatable bonds is 9. The van der Waals surface area contributed by atoms with Crippen molar-refractivity contribution in [3.8, 4) is 0 Å². The number of amides is 1. The molecule has 4 saturated carbocycles. The number of carbonyl (C=O) groups excluding carboxylic acids is 2. The van der Waals surface area contributed by atoms with Crippen molar-refractivity contribution in [2.45, 2.75) is 131 Å². The molecule has 0 saturated heterocycles. The lowest BCUT2D eigenvalue weighted by molar-refractivity contribution is -0.141. The van der Waals surface area contributed by atoms with Crippen LogP contribution in [-0.2, 0) is 14.3 Å².